The third-order valence-electron chi connectivity index (χ3n) is 5.75. The van der Waals surface area contributed by atoms with Crippen molar-refractivity contribution in [3.8, 4) is 5.75 Å². The van der Waals surface area contributed by atoms with Gasteiger partial charge >= 0.3 is 0 Å². The number of para-hydroxylation sites is 1. The van der Waals surface area contributed by atoms with Gasteiger partial charge < -0.3 is 14.3 Å². The normalized spacial score (nSPS) is 13.1. The van der Waals surface area contributed by atoms with Crippen molar-refractivity contribution in [2.45, 2.75) is 92.0 Å². The van der Waals surface area contributed by atoms with Gasteiger partial charge in [0, 0.05) is 0 Å². The molecule has 1 atom stereocenters. The monoisotopic (exact) mass is 573 g/mol. The van der Waals surface area contributed by atoms with Crippen molar-refractivity contribution in [1.29, 1.82) is 0 Å². The Morgan fingerprint density at radius 2 is 1.71 bits per heavy atom. The summed E-state index contributed by atoms with van der Waals surface area (Å²) in [6, 6.07) is 16.2. The second-order valence-corrected chi connectivity index (χ2v) is 9.00. The maximum Gasteiger partial charge on any atom is 0.294 e. The van der Waals surface area contributed by atoms with E-state index in [1.807, 2.05) is 50.3 Å². The highest BCUT2D eigenvalue weighted by atomic mass is 19.1. The number of hydrogen-bond donors (Lipinski definition) is 0. The van der Waals surface area contributed by atoms with E-state index in [1.165, 1.54) is 44.9 Å². The third-order valence-corrected chi connectivity index (χ3v) is 5.75. The first-order chi connectivity index (χ1) is 20.0. The topological polar surface area (TPSA) is 87.9 Å². The molecule has 1 fully saturated rings. The van der Waals surface area contributed by atoms with Crippen molar-refractivity contribution < 1.29 is 28.6 Å². The van der Waals surface area contributed by atoms with Crippen molar-refractivity contribution in [2.75, 3.05) is 6.61 Å². The second kappa shape index (κ2) is 26.5. The standard InChI is InChI=1S/C15H19FO.C9H9NO5.C7H14.C2H6/c16-14(11-10-13-6-4-5-7-13)12-17-15-8-2-1-3-9-15;11-7-14-5-8-2-1-3-9(4-8)6-15-10(12)13;1-3-5-7-6-4-2;1-2/h1-3,8-11,13-14H,4-7,12H2;1-4,7H,5-6H2;3,5H,4,6-7H2,1-2H3;1-2H3/b11-10+;;5-3-;. The molecule has 1 aliphatic rings. The summed E-state index contributed by atoms with van der Waals surface area (Å²) in [5.74, 6) is 1.31. The van der Waals surface area contributed by atoms with Crippen LogP contribution in [0.25, 0.3) is 0 Å². The first-order valence-electron chi connectivity index (χ1n) is 14.5. The van der Waals surface area contributed by atoms with Crippen LogP contribution < -0.4 is 4.74 Å². The fraction of sp³-hybridized carbons (Fsp3) is 0.485. The van der Waals surface area contributed by atoms with Crippen LogP contribution >= 0.6 is 0 Å². The van der Waals surface area contributed by atoms with Gasteiger partial charge in [-0.3, -0.25) is 4.79 Å². The predicted octanol–water partition coefficient (Wildman–Crippen LogP) is 9.00. The molecule has 3 rings (SSSR count). The van der Waals surface area contributed by atoms with Crippen molar-refractivity contribution in [1.82, 2.24) is 0 Å². The zero-order chi connectivity index (χ0) is 30.6. The average Bonchev–Trinajstić information content (AvgIpc) is 3.53. The third kappa shape index (κ3) is 21.8. The molecule has 0 saturated heterocycles. The molecular weight excluding hydrogens is 525 g/mol. The first kappa shape index (κ1) is 37.3. The van der Waals surface area contributed by atoms with Crippen molar-refractivity contribution in [3.05, 3.63) is 100 Å². The molecule has 0 bridgehead atoms. The number of benzene rings is 2. The van der Waals surface area contributed by atoms with Gasteiger partial charge in [0.15, 0.2) is 6.17 Å². The highest BCUT2D eigenvalue weighted by Gasteiger charge is 2.12. The minimum Gasteiger partial charge on any atom is -0.490 e. The molecule has 0 N–H and O–H groups in total. The minimum atomic E-state index is -1.00. The average molecular weight is 574 g/mol. The van der Waals surface area contributed by atoms with Crippen molar-refractivity contribution in [3.63, 3.8) is 0 Å². The largest absolute Gasteiger partial charge is 0.490 e. The van der Waals surface area contributed by atoms with Gasteiger partial charge in [-0.15, -0.1) is 10.1 Å². The van der Waals surface area contributed by atoms with Gasteiger partial charge in [0.2, 0.25) is 0 Å². The number of carbonyl (C=O) groups excluding carboxylic acids is 1. The smallest absolute Gasteiger partial charge is 0.294 e. The number of ether oxygens (including phenoxy) is 2. The van der Waals surface area contributed by atoms with E-state index in [1.54, 1.807) is 30.3 Å². The molecule has 0 amide bonds. The predicted molar refractivity (Wildman–Crippen MR) is 163 cm³/mol. The van der Waals surface area contributed by atoms with E-state index in [0.29, 0.717) is 18.0 Å². The van der Waals surface area contributed by atoms with Gasteiger partial charge in [0.25, 0.3) is 11.6 Å². The Morgan fingerprint density at radius 3 is 2.29 bits per heavy atom. The summed E-state index contributed by atoms with van der Waals surface area (Å²) in [6.45, 7) is 8.77. The molecule has 1 unspecified atom stereocenters. The number of hydrogen-bond acceptors (Lipinski definition) is 6. The number of rotatable bonds is 14. The van der Waals surface area contributed by atoms with E-state index in [-0.39, 0.29) is 19.8 Å². The van der Waals surface area contributed by atoms with E-state index < -0.39 is 11.3 Å². The quantitative estimate of drug-likeness (QED) is 0.0737. The number of halogens is 1. The molecule has 2 aromatic rings. The summed E-state index contributed by atoms with van der Waals surface area (Å²) in [5, 5.41) is 9.09. The molecular formula is C33H48FNO6. The molecule has 228 valence electrons. The second-order valence-electron chi connectivity index (χ2n) is 9.00. The number of allylic oxidation sites excluding steroid dienone is 3. The first-order valence-corrected chi connectivity index (χ1v) is 14.5. The Hall–Kier alpha value is -3.68. The molecule has 1 aliphatic carbocycles. The van der Waals surface area contributed by atoms with Crippen LogP contribution in [0.3, 0.4) is 0 Å². The summed E-state index contributed by atoms with van der Waals surface area (Å²) >= 11 is 0. The summed E-state index contributed by atoms with van der Waals surface area (Å²) in [5.41, 5.74) is 1.41. The van der Waals surface area contributed by atoms with Gasteiger partial charge in [-0.2, -0.15) is 0 Å². The van der Waals surface area contributed by atoms with Crippen LogP contribution in [0.15, 0.2) is 78.9 Å². The molecule has 8 heteroatoms. The highest BCUT2D eigenvalue weighted by Crippen LogP contribution is 2.25. The fourth-order valence-electron chi connectivity index (χ4n) is 3.73. The fourth-order valence-corrected chi connectivity index (χ4v) is 3.73. The maximum atomic E-state index is 13.5. The highest BCUT2D eigenvalue weighted by molar-refractivity contribution is 5.37. The van der Waals surface area contributed by atoms with Crippen LogP contribution in [0, 0.1) is 16.0 Å². The van der Waals surface area contributed by atoms with Gasteiger partial charge in [-0.05, 0) is 55.4 Å². The Kier molecular flexibility index (Phi) is 24.2. The van der Waals surface area contributed by atoms with Crippen LogP contribution in [0.1, 0.15) is 83.8 Å². The van der Waals surface area contributed by atoms with Crippen LogP contribution in [-0.4, -0.2) is 24.3 Å². The molecule has 0 heterocycles. The van der Waals surface area contributed by atoms with Gasteiger partial charge in [-0.25, -0.2) is 4.39 Å². The molecule has 0 spiro atoms. The minimum absolute atomic E-state index is 0.104. The van der Waals surface area contributed by atoms with E-state index in [2.05, 4.69) is 35.6 Å². The van der Waals surface area contributed by atoms with E-state index in [9.17, 15) is 19.3 Å². The lowest BCUT2D eigenvalue weighted by Crippen LogP contribution is -2.10. The summed E-state index contributed by atoms with van der Waals surface area (Å²) in [4.78, 5) is 24.1. The molecule has 7 nitrogen and oxygen atoms in total. The van der Waals surface area contributed by atoms with Gasteiger partial charge in [0.1, 0.15) is 25.6 Å². The molecule has 0 aliphatic heterocycles. The summed E-state index contributed by atoms with van der Waals surface area (Å²) < 4.78 is 23.4. The molecule has 0 radical (unpaired) electrons. The Labute approximate surface area is 245 Å². The van der Waals surface area contributed by atoms with Crippen LogP contribution in [-0.2, 0) is 27.6 Å². The zero-order valence-corrected chi connectivity index (χ0v) is 25.1. The van der Waals surface area contributed by atoms with E-state index in [0.717, 1.165) is 11.3 Å². The van der Waals surface area contributed by atoms with E-state index >= 15 is 0 Å². The lowest BCUT2D eigenvalue weighted by molar-refractivity contribution is -0.763. The van der Waals surface area contributed by atoms with Crippen LogP contribution in [0.5, 0.6) is 5.75 Å². The van der Waals surface area contributed by atoms with Gasteiger partial charge in [-0.1, -0.05) is 113 Å². The molecule has 2 aromatic carbocycles. The Morgan fingerprint density at radius 1 is 1.05 bits per heavy atom. The van der Waals surface area contributed by atoms with Crippen molar-refractivity contribution >= 4 is 6.47 Å². The van der Waals surface area contributed by atoms with E-state index in [4.69, 9.17) is 4.74 Å². The lowest BCUT2D eigenvalue weighted by Gasteiger charge is -2.08. The maximum absolute atomic E-state index is 13.5. The zero-order valence-electron chi connectivity index (χ0n) is 25.1. The lowest BCUT2D eigenvalue weighted by atomic mass is 10.1. The summed E-state index contributed by atoms with van der Waals surface area (Å²) in [7, 11) is 0. The van der Waals surface area contributed by atoms with Gasteiger partial charge in [0.05, 0.1) is 0 Å². The number of alkyl halides is 1. The molecule has 1 saturated carbocycles. The SMILES string of the molecule is C/C=C\CCCC.CC.FC(/C=C/C1CCCC1)COc1ccccc1.O=COCc1cccc(CO[N+](=O)[O-])c1. The number of carbonyl (C=O) groups is 1. The Balaban J connectivity index is 0.000000612. The molecule has 0 aromatic heterocycles. The molecule has 41 heavy (non-hydrogen) atoms. The van der Waals surface area contributed by atoms with Crippen molar-refractivity contribution in [2.24, 2.45) is 5.92 Å². The number of nitrogens with zero attached hydrogens (tertiary/aromatic N) is 1. The Bertz CT molecular complexity index is 961. The summed E-state index contributed by atoms with van der Waals surface area (Å²) in [6.07, 6.45) is 15.9. The van der Waals surface area contributed by atoms with Crippen LogP contribution in [0.2, 0.25) is 0 Å². The van der Waals surface area contributed by atoms with Crippen LogP contribution in [0.4, 0.5) is 4.39 Å². The number of unbranched alkanes of at least 4 members (excludes halogenated alkanes) is 2.